The number of alkyl carbamates (subject to hydrolysis) is 1. The van der Waals surface area contributed by atoms with Gasteiger partial charge in [0.1, 0.15) is 6.10 Å². The van der Waals surface area contributed by atoms with Gasteiger partial charge in [0.15, 0.2) is 0 Å². The molecule has 0 aromatic carbocycles. The van der Waals surface area contributed by atoms with E-state index in [4.69, 9.17) is 5.11 Å². The molecule has 0 aromatic heterocycles. The molecule has 5 heteroatoms. The fourth-order valence-electron chi connectivity index (χ4n) is 0.757. The van der Waals surface area contributed by atoms with Gasteiger partial charge in [0.2, 0.25) is 0 Å². The molecule has 5 nitrogen and oxygen atoms in total. The number of carboxylic acid groups (broad SMARTS) is 1. The van der Waals surface area contributed by atoms with Crippen LogP contribution in [0.25, 0.3) is 0 Å². The van der Waals surface area contributed by atoms with Crippen LogP contribution >= 0.6 is 0 Å². The number of ether oxygens (including phenoxy) is 1. The molecule has 0 atom stereocenters. The summed E-state index contributed by atoms with van der Waals surface area (Å²) >= 11 is 0. The van der Waals surface area contributed by atoms with E-state index in [1.54, 1.807) is 5.32 Å². The molecule has 0 heterocycles. The summed E-state index contributed by atoms with van der Waals surface area (Å²) in [5.74, 6) is 0. The van der Waals surface area contributed by atoms with Crippen molar-refractivity contribution >= 4 is 12.2 Å². The van der Waals surface area contributed by atoms with Crippen molar-refractivity contribution in [3.63, 3.8) is 0 Å². The number of rotatable bonds is 1. The van der Waals surface area contributed by atoms with Crippen LogP contribution in [0.3, 0.4) is 0 Å². The lowest BCUT2D eigenvalue weighted by atomic mass is 9.96. The molecule has 0 spiro atoms. The molecule has 1 saturated carbocycles. The molecule has 62 valence electrons. The summed E-state index contributed by atoms with van der Waals surface area (Å²) in [6, 6.07) is 0. The molecule has 0 bridgehead atoms. The van der Waals surface area contributed by atoms with Crippen molar-refractivity contribution < 1.29 is 19.4 Å². The largest absolute Gasteiger partial charge is 0.465 e. The third kappa shape index (κ3) is 2.45. The minimum atomic E-state index is -1.38. The highest BCUT2D eigenvalue weighted by Crippen LogP contribution is 2.21. The molecule has 0 saturated heterocycles. The van der Waals surface area contributed by atoms with E-state index in [0.717, 1.165) is 19.3 Å². The van der Waals surface area contributed by atoms with Crippen LogP contribution in [0.2, 0.25) is 0 Å². The summed E-state index contributed by atoms with van der Waals surface area (Å²) in [6.07, 6.45) is 0.399. The number of amides is 2. The minimum Gasteiger partial charge on any atom is -0.465 e. The molecule has 0 unspecified atom stereocenters. The highest BCUT2D eigenvalue weighted by atomic mass is 16.6. The predicted octanol–water partition coefficient (Wildman–Crippen LogP) is 0.943. The van der Waals surface area contributed by atoms with Crippen molar-refractivity contribution in [1.82, 2.24) is 5.32 Å². The van der Waals surface area contributed by atoms with Crippen LogP contribution in [0.1, 0.15) is 19.3 Å². The number of carbonyl (C=O) groups is 2. The van der Waals surface area contributed by atoms with Crippen molar-refractivity contribution in [2.75, 3.05) is 0 Å². The lowest BCUT2D eigenvalue weighted by molar-refractivity contribution is 0.0528. The van der Waals surface area contributed by atoms with Gasteiger partial charge in [-0.15, -0.1) is 0 Å². The molecular formula is C6H9NO4. The maximum absolute atomic E-state index is 10.5. The van der Waals surface area contributed by atoms with Gasteiger partial charge in [-0.2, -0.15) is 0 Å². The molecule has 1 aliphatic carbocycles. The van der Waals surface area contributed by atoms with Crippen LogP contribution < -0.4 is 5.32 Å². The van der Waals surface area contributed by atoms with Gasteiger partial charge >= 0.3 is 12.2 Å². The van der Waals surface area contributed by atoms with E-state index in [1.165, 1.54) is 0 Å². The first-order valence-electron chi connectivity index (χ1n) is 3.39. The first-order chi connectivity index (χ1) is 5.18. The molecule has 2 amide bonds. The van der Waals surface area contributed by atoms with Gasteiger partial charge in [-0.25, -0.2) is 14.9 Å². The third-order valence-electron chi connectivity index (χ3n) is 1.53. The highest BCUT2D eigenvalue weighted by molar-refractivity contribution is 5.86. The topological polar surface area (TPSA) is 75.6 Å². The Morgan fingerprint density at radius 1 is 1.45 bits per heavy atom. The van der Waals surface area contributed by atoms with Gasteiger partial charge in [0, 0.05) is 0 Å². The normalized spacial score (nSPS) is 16.7. The van der Waals surface area contributed by atoms with Crippen LogP contribution in [0, 0.1) is 0 Å². The van der Waals surface area contributed by atoms with Crippen molar-refractivity contribution in [2.45, 2.75) is 25.4 Å². The maximum Gasteiger partial charge on any atom is 0.416 e. The maximum atomic E-state index is 10.5. The van der Waals surface area contributed by atoms with Crippen molar-refractivity contribution in [3.8, 4) is 0 Å². The molecule has 1 aliphatic rings. The van der Waals surface area contributed by atoms with E-state index in [1.807, 2.05) is 0 Å². The Bertz CT molecular complexity index is 175. The fraction of sp³-hybridized carbons (Fsp3) is 0.667. The zero-order valence-electron chi connectivity index (χ0n) is 5.87. The molecule has 0 aliphatic heterocycles. The number of carbonyl (C=O) groups excluding carboxylic acids is 1. The second kappa shape index (κ2) is 3.23. The van der Waals surface area contributed by atoms with Crippen LogP contribution in [-0.2, 0) is 4.74 Å². The number of hydrogen-bond acceptors (Lipinski definition) is 3. The van der Waals surface area contributed by atoms with E-state index < -0.39 is 12.2 Å². The lowest BCUT2D eigenvalue weighted by Crippen LogP contribution is -2.35. The average Bonchev–Trinajstić information content (AvgIpc) is 1.77. The zero-order chi connectivity index (χ0) is 8.27. The van der Waals surface area contributed by atoms with Gasteiger partial charge in [-0.1, -0.05) is 0 Å². The molecule has 1 fully saturated rings. The lowest BCUT2D eigenvalue weighted by Gasteiger charge is -2.24. The SMILES string of the molecule is O=C(O)NC(=O)OC1CCC1. The molecule has 0 aromatic rings. The molecule has 1 rings (SSSR count). The smallest absolute Gasteiger partial charge is 0.416 e. The van der Waals surface area contributed by atoms with Gasteiger partial charge < -0.3 is 9.84 Å². The Balaban J connectivity index is 2.14. The van der Waals surface area contributed by atoms with Gasteiger partial charge in [0.25, 0.3) is 0 Å². The summed E-state index contributed by atoms with van der Waals surface area (Å²) in [6.45, 7) is 0. The van der Waals surface area contributed by atoms with Crippen molar-refractivity contribution in [2.24, 2.45) is 0 Å². The third-order valence-corrected chi connectivity index (χ3v) is 1.53. The molecular weight excluding hydrogens is 150 g/mol. The number of hydrogen-bond donors (Lipinski definition) is 2. The minimum absolute atomic E-state index is 0.0747. The van der Waals surface area contributed by atoms with E-state index >= 15 is 0 Å². The van der Waals surface area contributed by atoms with Crippen LogP contribution in [0.5, 0.6) is 0 Å². The van der Waals surface area contributed by atoms with Crippen molar-refractivity contribution in [3.05, 3.63) is 0 Å². The first kappa shape index (κ1) is 7.84. The summed E-state index contributed by atoms with van der Waals surface area (Å²) in [7, 11) is 0. The second-order valence-corrected chi connectivity index (χ2v) is 2.39. The van der Waals surface area contributed by atoms with Gasteiger partial charge in [-0.05, 0) is 19.3 Å². The van der Waals surface area contributed by atoms with E-state index in [2.05, 4.69) is 4.74 Å². The Morgan fingerprint density at radius 2 is 2.09 bits per heavy atom. The Morgan fingerprint density at radius 3 is 2.45 bits per heavy atom. The summed E-state index contributed by atoms with van der Waals surface area (Å²) in [5.41, 5.74) is 0. The first-order valence-corrected chi connectivity index (χ1v) is 3.39. The molecule has 11 heavy (non-hydrogen) atoms. The Labute approximate surface area is 63.3 Å². The van der Waals surface area contributed by atoms with Crippen LogP contribution in [0.4, 0.5) is 9.59 Å². The van der Waals surface area contributed by atoms with E-state index in [9.17, 15) is 9.59 Å². The average molecular weight is 159 g/mol. The van der Waals surface area contributed by atoms with Crippen molar-refractivity contribution in [1.29, 1.82) is 0 Å². The predicted molar refractivity (Wildman–Crippen MR) is 35.3 cm³/mol. The van der Waals surface area contributed by atoms with Crippen LogP contribution in [-0.4, -0.2) is 23.4 Å². The zero-order valence-corrected chi connectivity index (χ0v) is 5.87. The summed E-state index contributed by atoms with van der Waals surface area (Å²) in [4.78, 5) is 20.4. The number of nitrogens with one attached hydrogen (secondary N) is 1. The second-order valence-electron chi connectivity index (χ2n) is 2.39. The fourth-order valence-corrected chi connectivity index (χ4v) is 0.757. The quantitative estimate of drug-likeness (QED) is 0.597. The van der Waals surface area contributed by atoms with Gasteiger partial charge in [0.05, 0.1) is 0 Å². The summed E-state index contributed by atoms with van der Waals surface area (Å²) < 4.78 is 4.67. The van der Waals surface area contributed by atoms with E-state index in [0.29, 0.717) is 0 Å². The molecule has 2 N–H and O–H groups in total. The Kier molecular flexibility index (Phi) is 2.30. The van der Waals surface area contributed by atoms with Crippen LogP contribution in [0.15, 0.2) is 0 Å². The monoisotopic (exact) mass is 159 g/mol. The Hall–Kier alpha value is -1.26. The standard InChI is InChI=1S/C6H9NO4/c8-5(9)7-6(10)11-4-2-1-3-4/h4H,1-3H2,(H,7,10)(H,8,9). The van der Waals surface area contributed by atoms with E-state index in [-0.39, 0.29) is 6.10 Å². The summed E-state index contributed by atoms with van der Waals surface area (Å²) in [5, 5.41) is 9.67. The number of imide groups is 1. The van der Waals surface area contributed by atoms with Gasteiger partial charge in [-0.3, -0.25) is 0 Å². The molecule has 0 radical (unpaired) electrons. The highest BCUT2D eigenvalue weighted by Gasteiger charge is 2.22.